The van der Waals surface area contributed by atoms with Crippen LogP contribution >= 0.6 is 0 Å². The summed E-state index contributed by atoms with van der Waals surface area (Å²) >= 11 is 0. The standard InChI is InChI=1S/C10H13N3O/c1-2-7(1)14-10-8-3-4-11-5-9(8)12-6-13-10/h6-7,11H,1-5H2. The summed E-state index contributed by atoms with van der Waals surface area (Å²) in [5.74, 6) is 0.819. The van der Waals surface area contributed by atoms with Gasteiger partial charge in [-0.05, 0) is 25.8 Å². The molecule has 1 aliphatic heterocycles. The fourth-order valence-corrected chi connectivity index (χ4v) is 1.70. The molecule has 1 fully saturated rings. The molecule has 1 aliphatic carbocycles. The van der Waals surface area contributed by atoms with E-state index in [1.54, 1.807) is 6.33 Å². The number of hydrogen-bond donors (Lipinski definition) is 1. The van der Waals surface area contributed by atoms with Crippen LogP contribution in [0.5, 0.6) is 5.88 Å². The van der Waals surface area contributed by atoms with Crippen LogP contribution in [0.2, 0.25) is 0 Å². The van der Waals surface area contributed by atoms with Gasteiger partial charge in [0.1, 0.15) is 12.4 Å². The van der Waals surface area contributed by atoms with E-state index in [0.29, 0.717) is 6.10 Å². The highest BCUT2D eigenvalue weighted by atomic mass is 16.5. The molecule has 0 bridgehead atoms. The second kappa shape index (κ2) is 3.20. The monoisotopic (exact) mass is 191 g/mol. The molecule has 0 aromatic carbocycles. The lowest BCUT2D eigenvalue weighted by molar-refractivity contribution is 0.285. The molecule has 1 aromatic heterocycles. The Morgan fingerprint density at radius 3 is 3.14 bits per heavy atom. The summed E-state index contributed by atoms with van der Waals surface area (Å²) in [5.41, 5.74) is 2.31. The van der Waals surface area contributed by atoms with Crippen molar-refractivity contribution in [2.75, 3.05) is 6.54 Å². The molecular weight excluding hydrogens is 178 g/mol. The summed E-state index contributed by atoms with van der Waals surface area (Å²) in [5, 5.41) is 3.29. The molecule has 0 radical (unpaired) electrons. The Morgan fingerprint density at radius 2 is 2.29 bits per heavy atom. The van der Waals surface area contributed by atoms with Gasteiger partial charge in [-0.15, -0.1) is 0 Å². The second-order valence-electron chi connectivity index (χ2n) is 3.85. The minimum atomic E-state index is 0.420. The number of nitrogens with zero attached hydrogens (tertiary/aromatic N) is 2. The Kier molecular flexibility index (Phi) is 1.87. The molecule has 0 amide bonds. The summed E-state index contributed by atoms with van der Waals surface area (Å²) in [4.78, 5) is 8.47. The normalized spacial score (nSPS) is 20.3. The van der Waals surface area contributed by atoms with Crippen LogP contribution in [-0.4, -0.2) is 22.6 Å². The van der Waals surface area contributed by atoms with Gasteiger partial charge in [0, 0.05) is 12.1 Å². The maximum atomic E-state index is 5.74. The van der Waals surface area contributed by atoms with Gasteiger partial charge in [0.15, 0.2) is 0 Å². The van der Waals surface area contributed by atoms with Crippen molar-refractivity contribution in [2.45, 2.75) is 31.9 Å². The van der Waals surface area contributed by atoms with Crippen LogP contribution in [0.1, 0.15) is 24.1 Å². The molecular formula is C10H13N3O. The third-order valence-corrected chi connectivity index (χ3v) is 2.64. The van der Waals surface area contributed by atoms with Crippen LogP contribution in [0.4, 0.5) is 0 Å². The van der Waals surface area contributed by atoms with Crippen LogP contribution in [0, 0.1) is 0 Å². The predicted molar refractivity (Wildman–Crippen MR) is 51.1 cm³/mol. The maximum Gasteiger partial charge on any atom is 0.220 e. The smallest absolute Gasteiger partial charge is 0.220 e. The fourth-order valence-electron chi connectivity index (χ4n) is 1.70. The Labute approximate surface area is 82.7 Å². The van der Waals surface area contributed by atoms with Crippen molar-refractivity contribution < 1.29 is 4.74 Å². The first-order valence-electron chi connectivity index (χ1n) is 5.13. The number of fused-ring (bicyclic) bond motifs is 1. The van der Waals surface area contributed by atoms with Crippen LogP contribution in [0.15, 0.2) is 6.33 Å². The summed E-state index contributed by atoms with van der Waals surface area (Å²) in [6.07, 6.45) is 5.36. The van der Waals surface area contributed by atoms with Gasteiger partial charge in [0.2, 0.25) is 5.88 Å². The largest absolute Gasteiger partial charge is 0.474 e. The van der Waals surface area contributed by atoms with Crippen molar-refractivity contribution >= 4 is 0 Å². The van der Waals surface area contributed by atoms with Gasteiger partial charge in [-0.3, -0.25) is 0 Å². The zero-order valence-electron chi connectivity index (χ0n) is 7.99. The Morgan fingerprint density at radius 1 is 1.36 bits per heavy atom. The summed E-state index contributed by atoms with van der Waals surface area (Å²) < 4.78 is 5.74. The predicted octanol–water partition coefficient (Wildman–Crippen LogP) is 0.663. The highest BCUT2D eigenvalue weighted by molar-refractivity contribution is 5.32. The SMILES string of the molecule is c1nc2c(c(OC3CC3)n1)CCNC2. The molecule has 74 valence electrons. The Bertz CT molecular complexity index is 349. The van der Waals surface area contributed by atoms with Gasteiger partial charge < -0.3 is 10.1 Å². The molecule has 4 heteroatoms. The number of ether oxygens (including phenoxy) is 1. The molecule has 0 unspecified atom stereocenters. The fraction of sp³-hybridized carbons (Fsp3) is 0.600. The van der Waals surface area contributed by atoms with Crippen molar-refractivity contribution in [2.24, 2.45) is 0 Å². The Hall–Kier alpha value is -1.16. The van der Waals surface area contributed by atoms with Gasteiger partial charge in [-0.1, -0.05) is 0 Å². The van der Waals surface area contributed by atoms with Gasteiger partial charge in [0.05, 0.1) is 5.69 Å². The molecule has 14 heavy (non-hydrogen) atoms. The quantitative estimate of drug-likeness (QED) is 0.746. The van der Waals surface area contributed by atoms with E-state index in [-0.39, 0.29) is 0 Å². The molecule has 2 heterocycles. The molecule has 2 aliphatic rings. The zero-order chi connectivity index (χ0) is 9.38. The molecule has 0 atom stereocenters. The third kappa shape index (κ3) is 1.46. The van der Waals surface area contributed by atoms with E-state index >= 15 is 0 Å². The number of hydrogen-bond acceptors (Lipinski definition) is 4. The average molecular weight is 191 g/mol. The summed E-state index contributed by atoms with van der Waals surface area (Å²) in [6.45, 7) is 1.85. The van der Waals surface area contributed by atoms with E-state index in [1.165, 1.54) is 18.4 Å². The highest BCUT2D eigenvalue weighted by Gasteiger charge is 2.26. The van der Waals surface area contributed by atoms with Crippen LogP contribution in [0.25, 0.3) is 0 Å². The molecule has 1 N–H and O–H groups in total. The van der Waals surface area contributed by atoms with Crippen LogP contribution in [-0.2, 0) is 13.0 Å². The maximum absolute atomic E-state index is 5.74. The number of aromatic nitrogens is 2. The van der Waals surface area contributed by atoms with Crippen LogP contribution < -0.4 is 10.1 Å². The highest BCUT2D eigenvalue weighted by Crippen LogP contribution is 2.29. The number of rotatable bonds is 2. The van der Waals surface area contributed by atoms with Gasteiger partial charge in [-0.25, -0.2) is 9.97 Å². The first-order chi connectivity index (χ1) is 6.93. The molecule has 0 spiro atoms. The molecule has 1 saturated carbocycles. The zero-order valence-corrected chi connectivity index (χ0v) is 7.99. The van der Waals surface area contributed by atoms with E-state index in [9.17, 15) is 0 Å². The lowest BCUT2D eigenvalue weighted by Gasteiger charge is -2.18. The summed E-state index contributed by atoms with van der Waals surface area (Å²) in [7, 11) is 0. The molecule has 1 aromatic rings. The minimum absolute atomic E-state index is 0.420. The van der Waals surface area contributed by atoms with E-state index in [1.807, 2.05) is 0 Å². The second-order valence-corrected chi connectivity index (χ2v) is 3.85. The van der Waals surface area contributed by atoms with Crippen molar-refractivity contribution in [3.05, 3.63) is 17.6 Å². The molecule has 0 saturated heterocycles. The number of nitrogens with one attached hydrogen (secondary N) is 1. The first kappa shape index (κ1) is 8.17. The molecule has 4 nitrogen and oxygen atoms in total. The van der Waals surface area contributed by atoms with Crippen molar-refractivity contribution in [1.29, 1.82) is 0 Å². The van der Waals surface area contributed by atoms with E-state index < -0.39 is 0 Å². The van der Waals surface area contributed by atoms with E-state index in [0.717, 1.165) is 31.1 Å². The van der Waals surface area contributed by atoms with Crippen molar-refractivity contribution in [3.63, 3.8) is 0 Å². The third-order valence-electron chi connectivity index (χ3n) is 2.64. The lowest BCUT2D eigenvalue weighted by Crippen LogP contribution is -2.25. The minimum Gasteiger partial charge on any atom is -0.474 e. The summed E-state index contributed by atoms with van der Waals surface area (Å²) in [6, 6.07) is 0. The van der Waals surface area contributed by atoms with Crippen molar-refractivity contribution in [1.82, 2.24) is 15.3 Å². The Balaban J connectivity index is 1.92. The van der Waals surface area contributed by atoms with E-state index in [4.69, 9.17) is 4.74 Å². The molecule has 3 rings (SSSR count). The lowest BCUT2D eigenvalue weighted by atomic mass is 10.1. The van der Waals surface area contributed by atoms with Gasteiger partial charge >= 0.3 is 0 Å². The van der Waals surface area contributed by atoms with Crippen molar-refractivity contribution in [3.8, 4) is 5.88 Å². The van der Waals surface area contributed by atoms with Crippen LogP contribution in [0.3, 0.4) is 0 Å². The topological polar surface area (TPSA) is 47.0 Å². The van der Waals surface area contributed by atoms with Gasteiger partial charge in [-0.2, -0.15) is 0 Å². The average Bonchev–Trinajstić information content (AvgIpc) is 3.03. The first-order valence-corrected chi connectivity index (χ1v) is 5.13. The van der Waals surface area contributed by atoms with E-state index in [2.05, 4.69) is 15.3 Å². The van der Waals surface area contributed by atoms with Gasteiger partial charge in [0.25, 0.3) is 0 Å².